The van der Waals surface area contributed by atoms with Gasteiger partial charge >= 0.3 is 0 Å². The van der Waals surface area contributed by atoms with E-state index >= 15 is 0 Å². The first-order valence-corrected chi connectivity index (χ1v) is 9.17. The Morgan fingerprint density at radius 1 is 1.21 bits per heavy atom. The number of nitrogens with one attached hydrogen (secondary N) is 2. The van der Waals surface area contributed by atoms with E-state index in [-0.39, 0.29) is 4.90 Å². The van der Waals surface area contributed by atoms with Gasteiger partial charge in [-0.05, 0) is 42.3 Å². The second kappa shape index (κ2) is 5.57. The minimum Gasteiger partial charge on any atom is -0.312 e. The minimum atomic E-state index is -3.75. The Kier molecular flexibility index (Phi) is 3.50. The van der Waals surface area contributed by atoms with Crippen molar-refractivity contribution in [1.29, 1.82) is 0 Å². The van der Waals surface area contributed by atoms with Crippen LogP contribution in [0.1, 0.15) is 11.1 Å². The van der Waals surface area contributed by atoms with Crippen LogP contribution in [0, 0.1) is 0 Å². The molecular weight excluding hydrogens is 326 g/mol. The van der Waals surface area contributed by atoms with Gasteiger partial charge in [0.2, 0.25) is 0 Å². The number of benzene rings is 2. The van der Waals surface area contributed by atoms with Crippen molar-refractivity contribution in [3.8, 4) is 0 Å². The Labute approximate surface area is 139 Å². The van der Waals surface area contributed by atoms with Crippen LogP contribution in [0.15, 0.2) is 41.3 Å². The maximum atomic E-state index is 12.9. The maximum absolute atomic E-state index is 12.9. The lowest BCUT2D eigenvalue weighted by Crippen LogP contribution is -2.25. The normalized spacial score (nSPS) is 14.5. The van der Waals surface area contributed by atoms with Crippen LogP contribution in [-0.4, -0.2) is 30.0 Å². The van der Waals surface area contributed by atoms with E-state index in [4.69, 9.17) is 0 Å². The average molecular weight is 343 g/mol. The van der Waals surface area contributed by atoms with Crippen molar-refractivity contribution in [2.45, 2.75) is 17.9 Å². The van der Waals surface area contributed by atoms with Crippen LogP contribution < -0.4 is 10.0 Å². The van der Waals surface area contributed by atoms with Gasteiger partial charge in [-0.2, -0.15) is 0 Å². The lowest BCUT2D eigenvalue weighted by molar-refractivity contribution is 0.601. The highest BCUT2D eigenvalue weighted by Crippen LogP contribution is 2.27. The Hall–Kier alpha value is -2.45. The standard InChI is InChI=1S/C16H17N5O2S/c1-21-14-6-3-7-15(16(14)18-20-21)24(22,23)19-13-5-2-4-11-10-17-9-8-12(11)13/h2-7,17,19H,8-10H2,1H3. The van der Waals surface area contributed by atoms with E-state index in [1.165, 1.54) is 0 Å². The molecule has 0 unspecified atom stereocenters. The third-order valence-corrected chi connectivity index (χ3v) is 5.68. The molecule has 0 atom stereocenters. The van der Waals surface area contributed by atoms with Crippen molar-refractivity contribution in [1.82, 2.24) is 20.3 Å². The summed E-state index contributed by atoms with van der Waals surface area (Å²) in [5.74, 6) is 0. The van der Waals surface area contributed by atoms with Gasteiger partial charge in [0.25, 0.3) is 10.0 Å². The van der Waals surface area contributed by atoms with Crippen molar-refractivity contribution in [3.05, 3.63) is 47.5 Å². The van der Waals surface area contributed by atoms with Crippen LogP contribution in [0.25, 0.3) is 11.0 Å². The summed E-state index contributed by atoms with van der Waals surface area (Å²) in [5, 5.41) is 11.2. The quantitative estimate of drug-likeness (QED) is 0.751. The molecule has 0 saturated carbocycles. The first-order chi connectivity index (χ1) is 11.6. The molecule has 124 valence electrons. The number of hydrogen-bond donors (Lipinski definition) is 2. The topological polar surface area (TPSA) is 88.9 Å². The molecule has 0 spiro atoms. The number of anilines is 1. The molecule has 1 aromatic heterocycles. The molecule has 0 fully saturated rings. The van der Waals surface area contributed by atoms with E-state index in [0.717, 1.165) is 30.6 Å². The van der Waals surface area contributed by atoms with E-state index in [0.29, 0.717) is 16.7 Å². The smallest absolute Gasteiger partial charge is 0.264 e. The third kappa shape index (κ3) is 2.44. The molecular formula is C16H17N5O2S. The van der Waals surface area contributed by atoms with Crippen LogP contribution >= 0.6 is 0 Å². The van der Waals surface area contributed by atoms with Crippen molar-refractivity contribution in [2.24, 2.45) is 7.05 Å². The SMILES string of the molecule is Cn1nnc2c(S(=O)(=O)Nc3cccc4c3CCNC4)cccc21. The lowest BCUT2D eigenvalue weighted by atomic mass is 9.99. The summed E-state index contributed by atoms with van der Waals surface area (Å²) >= 11 is 0. The molecule has 7 nitrogen and oxygen atoms in total. The molecule has 24 heavy (non-hydrogen) atoms. The van der Waals surface area contributed by atoms with Gasteiger partial charge in [-0.3, -0.25) is 4.72 Å². The van der Waals surface area contributed by atoms with Crippen LogP contribution in [0.3, 0.4) is 0 Å². The molecule has 2 N–H and O–H groups in total. The van der Waals surface area contributed by atoms with Gasteiger partial charge < -0.3 is 5.32 Å². The monoisotopic (exact) mass is 343 g/mol. The molecule has 0 saturated heterocycles. The van der Waals surface area contributed by atoms with Gasteiger partial charge in [0, 0.05) is 13.6 Å². The highest BCUT2D eigenvalue weighted by Gasteiger charge is 2.22. The lowest BCUT2D eigenvalue weighted by Gasteiger charge is -2.21. The first kappa shape index (κ1) is 15.1. The number of aryl methyl sites for hydroxylation is 1. The van der Waals surface area contributed by atoms with E-state index < -0.39 is 10.0 Å². The Morgan fingerprint density at radius 2 is 2.04 bits per heavy atom. The van der Waals surface area contributed by atoms with Crippen LogP contribution in [-0.2, 0) is 30.0 Å². The van der Waals surface area contributed by atoms with Crippen molar-refractivity contribution in [3.63, 3.8) is 0 Å². The van der Waals surface area contributed by atoms with Gasteiger partial charge in [-0.15, -0.1) is 5.10 Å². The van der Waals surface area contributed by atoms with Crippen molar-refractivity contribution in [2.75, 3.05) is 11.3 Å². The molecule has 0 radical (unpaired) electrons. The zero-order chi connectivity index (χ0) is 16.7. The van der Waals surface area contributed by atoms with Crippen LogP contribution in [0.2, 0.25) is 0 Å². The van der Waals surface area contributed by atoms with Gasteiger partial charge in [0.1, 0.15) is 10.4 Å². The molecule has 0 amide bonds. The summed E-state index contributed by atoms with van der Waals surface area (Å²) in [6, 6.07) is 10.7. The Bertz CT molecular complexity index is 1030. The molecule has 1 aliphatic rings. The second-order valence-corrected chi connectivity index (χ2v) is 7.46. The molecule has 8 heteroatoms. The van der Waals surface area contributed by atoms with E-state index in [2.05, 4.69) is 20.4 Å². The summed E-state index contributed by atoms with van der Waals surface area (Å²) in [5.41, 5.74) is 3.86. The predicted octanol–water partition coefficient (Wildman–Crippen LogP) is 1.41. The minimum absolute atomic E-state index is 0.139. The highest BCUT2D eigenvalue weighted by molar-refractivity contribution is 7.93. The number of nitrogens with zero attached hydrogens (tertiary/aromatic N) is 3. The molecule has 4 rings (SSSR count). The van der Waals surface area contributed by atoms with Gasteiger partial charge in [-0.25, -0.2) is 13.1 Å². The fraction of sp³-hybridized carbons (Fsp3) is 0.250. The zero-order valence-corrected chi connectivity index (χ0v) is 14.0. The van der Waals surface area contributed by atoms with Crippen molar-refractivity contribution < 1.29 is 8.42 Å². The fourth-order valence-corrected chi connectivity index (χ4v) is 4.32. The molecule has 2 heterocycles. The Balaban J connectivity index is 1.79. The number of aromatic nitrogens is 3. The van der Waals surface area contributed by atoms with Gasteiger partial charge in [0.05, 0.1) is 11.2 Å². The second-order valence-electron chi connectivity index (χ2n) is 5.81. The summed E-state index contributed by atoms with van der Waals surface area (Å²) in [6.45, 7) is 1.59. The number of hydrogen-bond acceptors (Lipinski definition) is 5. The average Bonchev–Trinajstić information content (AvgIpc) is 2.96. The third-order valence-electron chi connectivity index (χ3n) is 4.28. The van der Waals surface area contributed by atoms with Crippen LogP contribution in [0.4, 0.5) is 5.69 Å². The van der Waals surface area contributed by atoms with Crippen molar-refractivity contribution >= 4 is 26.7 Å². The molecule has 2 aromatic carbocycles. The van der Waals surface area contributed by atoms with Gasteiger partial charge in [0.15, 0.2) is 0 Å². The van der Waals surface area contributed by atoms with Crippen LogP contribution in [0.5, 0.6) is 0 Å². The predicted molar refractivity (Wildman–Crippen MR) is 91.2 cm³/mol. The summed E-state index contributed by atoms with van der Waals surface area (Å²) < 4.78 is 30.1. The Morgan fingerprint density at radius 3 is 2.92 bits per heavy atom. The zero-order valence-electron chi connectivity index (χ0n) is 13.2. The number of sulfonamides is 1. The summed E-state index contributed by atoms with van der Waals surface area (Å²) in [4.78, 5) is 0.139. The summed E-state index contributed by atoms with van der Waals surface area (Å²) in [6.07, 6.45) is 0.795. The van der Waals surface area contributed by atoms with Gasteiger partial charge in [-0.1, -0.05) is 23.4 Å². The fourth-order valence-electron chi connectivity index (χ4n) is 3.08. The molecule has 0 bridgehead atoms. The van der Waals surface area contributed by atoms with E-state index in [1.54, 1.807) is 36.0 Å². The molecule has 0 aliphatic carbocycles. The van der Waals surface area contributed by atoms with E-state index in [1.807, 2.05) is 12.1 Å². The first-order valence-electron chi connectivity index (χ1n) is 7.69. The van der Waals surface area contributed by atoms with E-state index in [9.17, 15) is 8.42 Å². The number of fused-ring (bicyclic) bond motifs is 2. The maximum Gasteiger partial charge on any atom is 0.264 e. The number of rotatable bonds is 3. The molecule has 3 aromatic rings. The highest BCUT2D eigenvalue weighted by atomic mass is 32.2. The molecule has 1 aliphatic heterocycles. The summed E-state index contributed by atoms with van der Waals surface area (Å²) in [7, 11) is -2.01. The largest absolute Gasteiger partial charge is 0.312 e.